The van der Waals surface area contributed by atoms with Crippen molar-refractivity contribution in [1.82, 2.24) is 18.4 Å². The number of thiophene rings is 1. The number of carbonyl (C=O) groups is 1. The van der Waals surface area contributed by atoms with Gasteiger partial charge in [-0.2, -0.15) is 26.8 Å². The summed E-state index contributed by atoms with van der Waals surface area (Å²) in [5.41, 5.74) is 0.217. The van der Waals surface area contributed by atoms with Crippen molar-refractivity contribution >= 4 is 44.9 Å². The van der Waals surface area contributed by atoms with Gasteiger partial charge in [-0.25, -0.2) is 0 Å². The van der Waals surface area contributed by atoms with Crippen LogP contribution >= 0.6 is 22.9 Å². The molecule has 0 radical (unpaired) electrons. The average molecular weight is 530 g/mol. The zero-order chi connectivity index (χ0) is 24.5. The van der Waals surface area contributed by atoms with E-state index < -0.39 is 15.6 Å². The Morgan fingerprint density at radius 3 is 2.41 bits per heavy atom. The molecule has 2 aromatic heterocycles. The Balaban J connectivity index is 1.48. The van der Waals surface area contributed by atoms with Gasteiger partial charge in [0.2, 0.25) is 0 Å². The second-order valence-electron chi connectivity index (χ2n) is 9.67. The molecule has 2 aliphatic heterocycles. The van der Waals surface area contributed by atoms with Gasteiger partial charge in [0.25, 0.3) is 16.1 Å². The molecule has 0 spiro atoms. The molecule has 188 valence electrons. The van der Waals surface area contributed by atoms with Gasteiger partial charge in [-0.3, -0.25) is 4.79 Å². The lowest BCUT2D eigenvalue weighted by Gasteiger charge is -2.35. The molecule has 2 aromatic rings. The predicted molar refractivity (Wildman–Crippen MR) is 134 cm³/mol. The number of anilines is 1. The Labute approximate surface area is 210 Å². The molecule has 34 heavy (non-hydrogen) atoms. The van der Waals surface area contributed by atoms with Gasteiger partial charge in [0, 0.05) is 48.5 Å². The highest BCUT2D eigenvalue weighted by Crippen LogP contribution is 2.32. The van der Waals surface area contributed by atoms with Crippen LogP contribution in [0.2, 0.25) is 4.34 Å². The molecule has 0 atom stereocenters. The van der Waals surface area contributed by atoms with Crippen LogP contribution in [0.25, 0.3) is 0 Å². The fourth-order valence-corrected chi connectivity index (χ4v) is 6.78. The Bertz CT molecular complexity index is 1110. The summed E-state index contributed by atoms with van der Waals surface area (Å²) in [6.45, 7) is 8.67. The molecule has 2 aliphatic rings. The molecule has 0 aromatic carbocycles. The molecule has 0 saturated carbocycles. The minimum absolute atomic E-state index is 0.0851. The van der Waals surface area contributed by atoms with E-state index in [1.54, 1.807) is 4.31 Å². The Morgan fingerprint density at radius 1 is 1.18 bits per heavy atom. The average Bonchev–Trinajstić information content (AvgIpc) is 3.43. The van der Waals surface area contributed by atoms with Crippen molar-refractivity contribution < 1.29 is 17.9 Å². The normalized spacial score (nSPS) is 19.4. The van der Waals surface area contributed by atoms with Gasteiger partial charge in [-0.05, 0) is 25.0 Å². The fraction of sp³-hybridized carbons (Fsp3) is 0.636. The quantitative estimate of drug-likeness (QED) is 0.613. The van der Waals surface area contributed by atoms with Crippen LogP contribution in [0.15, 0.2) is 18.2 Å². The lowest BCUT2D eigenvalue weighted by atomic mass is 9.95. The molecule has 4 rings (SSSR count). The molecular weight excluding hydrogens is 498 g/mol. The topological polar surface area (TPSA) is 96.8 Å². The molecule has 0 aliphatic carbocycles. The predicted octanol–water partition coefficient (Wildman–Crippen LogP) is 3.65. The van der Waals surface area contributed by atoms with Gasteiger partial charge in [0.1, 0.15) is 5.82 Å². The number of morpholine rings is 1. The van der Waals surface area contributed by atoms with Crippen molar-refractivity contribution in [3.63, 3.8) is 0 Å². The lowest BCUT2D eigenvalue weighted by Crippen LogP contribution is -2.50. The lowest BCUT2D eigenvalue weighted by molar-refractivity contribution is 0.0695. The van der Waals surface area contributed by atoms with Crippen molar-refractivity contribution in [3.8, 4) is 0 Å². The van der Waals surface area contributed by atoms with Crippen LogP contribution < -0.4 is 5.32 Å². The van der Waals surface area contributed by atoms with E-state index in [1.165, 1.54) is 20.3 Å². The number of rotatable bonds is 6. The molecule has 2 fully saturated rings. The summed E-state index contributed by atoms with van der Waals surface area (Å²) in [5, 5.41) is 8.02. The molecule has 4 heterocycles. The first-order valence-corrected chi connectivity index (χ1v) is 14.1. The third kappa shape index (κ3) is 5.66. The molecular formula is C22H32ClN5O4S2. The van der Waals surface area contributed by atoms with Crippen molar-refractivity contribution in [3.05, 3.63) is 33.1 Å². The second-order valence-corrected chi connectivity index (χ2v) is 13.4. The number of carbonyl (C=O) groups excluding carboxylic acids is 1. The number of halogens is 1. The molecule has 0 unspecified atom stereocenters. The van der Waals surface area contributed by atoms with Crippen LogP contribution in [-0.4, -0.2) is 72.1 Å². The molecule has 12 heteroatoms. The molecule has 2 saturated heterocycles. The van der Waals surface area contributed by atoms with E-state index in [9.17, 15) is 13.2 Å². The van der Waals surface area contributed by atoms with Crippen molar-refractivity contribution in [2.75, 3.05) is 44.7 Å². The van der Waals surface area contributed by atoms with Gasteiger partial charge in [-0.1, -0.05) is 32.4 Å². The highest BCUT2D eigenvalue weighted by atomic mass is 35.5. The monoisotopic (exact) mass is 529 g/mol. The third-order valence-corrected chi connectivity index (χ3v) is 9.40. The van der Waals surface area contributed by atoms with E-state index in [0.29, 0.717) is 64.6 Å². The maximum atomic E-state index is 13.1. The SMILES string of the molecule is CC(C)(C)C(=O)n1nc(C2CCN(S(=O)(=O)N3CCOCC3)CC2)cc1NCc1ccc(Cl)s1. The van der Waals surface area contributed by atoms with Gasteiger partial charge in [-0.15, -0.1) is 11.3 Å². The number of hydrogen-bond donors (Lipinski definition) is 1. The first-order valence-electron chi connectivity index (χ1n) is 11.5. The molecule has 0 bridgehead atoms. The molecule has 0 amide bonds. The minimum Gasteiger partial charge on any atom is -0.379 e. The van der Waals surface area contributed by atoms with E-state index in [2.05, 4.69) is 10.4 Å². The van der Waals surface area contributed by atoms with E-state index >= 15 is 0 Å². The number of piperidine rings is 1. The first-order chi connectivity index (χ1) is 16.1. The van der Waals surface area contributed by atoms with Crippen molar-refractivity contribution in [1.29, 1.82) is 0 Å². The van der Waals surface area contributed by atoms with Crippen LogP contribution in [0.1, 0.15) is 54.9 Å². The number of nitrogens with zero attached hydrogens (tertiary/aromatic N) is 4. The number of hydrogen-bond acceptors (Lipinski definition) is 7. The van der Waals surface area contributed by atoms with Crippen LogP contribution in [0.4, 0.5) is 5.82 Å². The Morgan fingerprint density at radius 2 is 1.82 bits per heavy atom. The Kier molecular flexibility index (Phi) is 7.70. The molecule has 9 nitrogen and oxygen atoms in total. The van der Waals surface area contributed by atoms with Crippen molar-refractivity contribution in [2.24, 2.45) is 5.41 Å². The van der Waals surface area contributed by atoms with E-state index in [4.69, 9.17) is 16.3 Å². The highest BCUT2D eigenvalue weighted by Gasteiger charge is 2.35. The maximum absolute atomic E-state index is 13.1. The van der Waals surface area contributed by atoms with Crippen molar-refractivity contribution in [2.45, 2.75) is 46.1 Å². The summed E-state index contributed by atoms with van der Waals surface area (Å²) >= 11 is 7.54. The number of aromatic nitrogens is 2. The van der Waals surface area contributed by atoms with E-state index in [1.807, 2.05) is 39.0 Å². The maximum Gasteiger partial charge on any atom is 0.282 e. The highest BCUT2D eigenvalue weighted by molar-refractivity contribution is 7.86. The summed E-state index contributed by atoms with van der Waals surface area (Å²) in [7, 11) is -3.48. The summed E-state index contributed by atoms with van der Waals surface area (Å²) in [6.07, 6.45) is 1.31. The fourth-order valence-electron chi connectivity index (χ4n) is 4.14. The van der Waals surface area contributed by atoms with Gasteiger partial charge in [0.15, 0.2) is 0 Å². The van der Waals surface area contributed by atoms with Crippen LogP contribution in [-0.2, 0) is 21.5 Å². The number of nitrogens with one attached hydrogen (secondary N) is 1. The van der Waals surface area contributed by atoms with E-state index in [0.717, 1.165) is 14.9 Å². The number of ether oxygens (including phenoxy) is 1. The second kappa shape index (κ2) is 10.2. The largest absolute Gasteiger partial charge is 0.379 e. The summed E-state index contributed by atoms with van der Waals surface area (Å²) < 4.78 is 36.5. The van der Waals surface area contributed by atoms with Gasteiger partial charge >= 0.3 is 0 Å². The minimum atomic E-state index is -3.48. The zero-order valence-electron chi connectivity index (χ0n) is 19.8. The Hall–Kier alpha value is -1.50. The summed E-state index contributed by atoms with van der Waals surface area (Å²) in [5.74, 6) is 0.627. The van der Waals surface area contributed by atoms with Crippen LogP contribution in [0, 0.1) is 5.41 Å². The first kappa shape index (κ1) is 25.6. The zero-order valence-corrected chi connectivity index (χ0v) is 22.2. The van der Waals surface area contributed by atoms with Crippen LogP contribution in [0.5, 0.6) is 0 Å². The third-order valence-electron chi connectivity index (χ3n) is 6.13. The smallest absolute Gasteiger partial charge is 0.282 e. The van der Waals surface area contributed by atoms with Crippen LogP contribution in [0.3, 0.4) is 0 Å². The van der Waals surface area contributed by atoms with Gasteiger partial charge in [0.05, 0.1) is 29.8 Å². The molecule has 1 N–H and O–H groups in total. The summed E-state index contributed by atoms with van der Waals surface area (Å²) in [4.78, 5) is 14.2. The summed E-state index contributed by atoms with van der Waals surface area (Å²) in [6, 6.07) is 5.73. The van der Waals surface area contributed by atoms with E-state index in [-0.39, 0.29) is 11.8 Å². The standard InChI is InChI=1S/C22H32ClN5O4S2/c1-22(2,3)21(29)28-20(24-15-17-4-5-19(23)33-17)14-18(25-28)16-6-8-26(9-7-16)34(30,31)27-10-12-32-13-11-27/h4-5,14,16,24H,6-13,15H2,1-3H3. The van der Waals surface area contributed by atoms with Gasteiger partial charge < -0.3 is 10.1 Å².